The van der Waals surface area contributed by atoms with Crippen LogP contribution in [0.1, 0.15) is 48.4 Å². The van der Waals surface area contributed by atoms with E-state index < -0.39 is 0 Å². The van der Waals surface area contributed by atoms with Gasteiger partial charge in [-0.1, -0.05) is 60.2 Å². The van der Waals surface area contributed by atoms with Gasteiger partial charge >= 0.3 is 0 Å². The highest BCUT2D eigenvalue weighted by Crippen LogP contribution is 2.25. The summed E-state index contributed by atoms with van der Waals surface area (Å²) in [6.45, 7) is 6.16. The first-order chi connectivity index (χ1) is 15.6. The molecule has 32 heavy (non-hydrogen) atoms. The van der Waals surface area contributed by atoms with E-state index >= 15 is 0 Å². The van der Waals surface area contributed by atoms with Crippen molar-refractivity contribution in [2.75, 3.05) is 32.7 Å². The number of carbonyl (C=O) groups is 2. The number of rotatable bonds is 7. The van der Waals surface area contributed by atoms with Gasteiger partial charge in [0, 0.05) is 19.6 Å². The van der Waals surface area contributed by atoms with E-state index in [0.717, 1.165) is 38.0 Å². The molecule has 2 heterocycles. The lowest BCUT2D eigenvalue weighted by Crippen LogP contribution is -2.47. The SMILES string of the molecule is Cc1ccc(C(CNC(=O)C2CCCN(C(=O)Cc3ccccc3)C2)N2CCCC2)cc1. The van der Waals surface area contributed by atoms with Crippen molar-refractivity contribution >= 4 is 11.8 Å². The van der Waals surface area contributed by atoms with Gasteiger partial charge in [-0.25, -0.2) is 0 Å². The van der Waals surface area contributed by atoms with Crippen LogP contribution >= 0.6 is 0 Å². The number of piperidine rings is 1. The third-order valence-corrected chi connectivity index (χ3v) is 6.86. The summed E-state index contributed by atoms with van der Waals surface area (Å²) in [4.78, 5) is 30.2. The second-order valence-corrected chi connectivity index (χ2v) is 9.26. The lowest BCUT2D eigenvalue weighted by molar-refractivity contribution is -0.135. The van der Waals surface area contributed by atoms with E-state index in [-0.39, 0.29) is 23.8 Å². The number of benzene rings is 2. The van der Waals surface area contributed by atoms with Crippen LogP contribution in [0.25, 0.3) is 0 Å². The van der Waals surface area contributed by atoms with Crippen molar-refractivity contribution < 1.29 is 9.59 Å². The van der Waals surface area contributed by atoms with E-state index in [2.05, 4.69) is 41.4 Å². The van der Waals surface area contributed by atoms with Gasteiger partial charge < -0.3 is 10.2 Å². The van der Waals surface area contributed by atoms with E-state index in [4.69, 9.17) is 0 Å². The van der Waals surface area contributed by atoms with E-state index in [9.17, 15) is 9.59 Å². The molecule has 2 atom stereocenters. The standard InChI is InChI=1S/C27H35N3O2/c1-21-11-13-23(14-12-21)25(29-15-5-6-16-29)19-28-27(32)24-10-7-17-30(20-24)26(31)18-22-8-3-2-4-9-22/h2-4,8-9,11-14,24-25H,5-7,10,15-20H2,1H3,(H,28,32). The summed E-state index contributed by atoms with van der Waals surface area (Å²) in [7, 11) is 0. The van der Waals surface area contributed by atoms with Gasteiger partial charge in [-0.15, -0.1) is 0 Å². The molecule has 2 aromatic carbocycles. The number of hydrogen-bond donors (Lipinski definition) is 1. The lowest BCUT2D eigenvalue weighted by Gasteiger charge is -2.33. The molecule has 2 saturated heterocycles. The Morgan fingerprint density at radius 1 is 0.969 bits per heavy atom. The van der Waals surface area contributed by atoms with Crippen molar-refractivity contribution in [3.63, 3.8) is 0 Å². The molecule has 2 aromatic rings. The van der Waals surface area contributed by atoms with E-state index in [0.29, 0.717) is 19.5 Å². The Kier molecular flexibility index (Phi) is 7.59. The molecule has 2 aliphatic heterocycles. The maximum absolute atomic E-state index is 13.1. The fourth-order valence-electron chi connectivity index (χ4n) is 4.94. The normalized spacial score (nSPS) is 20.2. The number of aryl methyl sites for hydroxylation is 1. The number of nitrogens with one attached hydrogen (secondary N) is 1. The maximum atomic E-state index is 13.1. The van der Waals surface area contributed by atoms with Gasteiger partial charge in [0.1, 0.15) is 0 Å². The highest BCUT2D eigenvalue weighted by atomic mass is 16.2. The van der Waals surface area contributed by atoms with Gasteiger partial charge in [-0.05, 0) is 56.8 Å². The van der Waals surface area contributed by atoms with Crippen molar-refractivity contribution in [1.29, 1.82) is 0 Å². The van der Waals surface area contributed by atoms with Crippen LogP contribution in [0, 0.1) is 12.8 Å². The average Bonchev–Trinajstić information content (AvgIpc) is 3.35. The first-order valence-corrected chi connectivity index (χ1v) is 12.0. The van der Waals surface area contributed by atoms with Gasteiger partial charge in [0.2, 0.25) is 11.8 Å². The molecule has 0 saturated carbocycles. The largest absolute Gasteiger partial charge is 0.354 e. The molecule has 2 aliphatic rings. The fraction of sp³-hybridized carbons (Fsp3) is 0.481. The third kappa shape index (κ3) is 5.77. The molecule has 0 bridgehead atoms. The van der Waals surface area contributed by atoms with Crippen LogP contribution in [0.4, 0.5) is 0 Å². The summed E-state index contributed by atoms with van der Waals surface area (Å²) < 4.78 is 0. The van der Waals surface area contributed by atoms with Gasteiger partial charge in [-0.2, -0.15) is 0 Å². The molecule has 2 unspecified atom stereocenters. The molecule has 5 nitrogen and oxygen atoms in total. The Labute approximate surface area is 191 Å². The molecule has 0 radical (unpaired) electrons. The Balaban J connectivity index is 1.34. The molecule has 4 rings (SSSR count). The zero-order valence-corrected chi connectivity index (χ0v) is 19.1. The molecule has 0 aromatic heterocycles. The zero-order valence-electron chi connectivity index (χ0n) is 19.1. The number of nitrogens with zero attached hydrogens (tertiary/aromatic N) is 2. The summed E-state index contributed by atoms with van der Waals surface area (Å²) in [6, 6.07) is 18.7. The topological polar surface area (TPSA) is 52.7 Å². The number of amides is 2. The van der Waals surface area contributed by atoms with Gasteiger partial charge in [0.25, 0.3) is 0 Å². The smallest absolute Gasteiger partial charge is 0.227 e. The summed E-state index contributed by atoms with van der Waals surface area (Å²) in [5.74, 6) is 0.0718. The molecule has 0 spiro atoms. The summed E-state index contributed by atoms with van der Waals surface area (Å²) in [6.07, 6.45) is 4.57. The minimum absolute atomic E-state index is 0.0820. The van der Waals surface area contributed by atoms with E-state index in [1.54, 1.807) is 0 Å². The van der Waals surface area contributed by atoms with Crippen molar-refractivity contribution in [1.82, 2.24) is 15.1 Å². The quantitative estimate of drug-likeness (QED) is 0.724. The first kappa shape index (κ1) is 22.5. The second kappa shape index (κ2) is 10.8. The Morgan fingerprint density at radius 3 is 2.41 bits per heavy atom. The van der Waals surface area contributed by atoms with E-state index in [1.807, 2.05) is 35.2 Å². The highest BCUT2D eigenvalue weighted by Gasteiger charge is 2.30. The van der Waals surface area contributed by atoms with Crippen LogP contribution in [-0.2, 0) is 16.0 Å². The molecule has 2 amide bonds. The van der Waals surface area contributed by atoms with Crippen molar-refractivity contribution in [3.8, 4) is 0 Å². The lowest BCUT2D eigenvalue weighted by atomic mass is 9.96. The minimum atomic E-state index is -0.124. The predicted molar refractivity (Wildman–Crippen MR) is 127 cm³/mol. The average molecular weight is 434 g/mol. The Morgan fingerprint density at radius 2 is 1.69 bits per heavy atom. The monoisotopic (exact) mass is 433 g/mol. The second-order valence-electron chi connectivity index (χ2n) is 9.26. The summed E-state index contributed by atoms with van der Waals surface area (Å²) >= 11 is 0. The summed E-state index contributed by atoms with van der Waals surface area (Å²) in [5.41, 5.74) is 3.54. The number of hydrogen-bond acceptors (Lipinski definition) is 3. The predicted octanol–water partition coefficient (Wildman–Crippen LogP) is 3.73. The fourth-order valence-corrected chi connectivity index (χ4v) is 4.94. The molecular weight excluding hydrogens is 398 g/mol. The van der Waals surface area contributed by atoms with Gasteiger partial charge in [0.05, 0.1) is 18.4 Å². The Hall–Kier alpha value is -2.66. The van der Waals surface area contributed by atoms with E-state index in [1.165, 1.54) is 24.0 Å². The molecule has 0 aliphatic carbocycles. The molecular formula is C27H35N3O2. The van der Waals surface area contributed by atoms with Crippen LogP contribution < -0.4 is 5.32 Å². The zero-order chi connectivity index (χ0) is 22.3. The van der Waals surface area contributed by atoms with Crippen LogP contribution in [0.5, 0.6) is 0 Å². The number of carbonyl (C=O) groups excluding carboxylic acids is 2. The molecule has 5 heteroatoms. The van der Waals surface area contributed by atoms with Gasteiger partial charge in [-0.3, -0.25) is 14.5 Å². The Bertz CT molecular complexity index is 891. The maximum Gasteiger partial charge on any atom is 0.227 e. The summed E-state index contributed by atoms with van der Waals surface area (Å²) in [5, 5.41) is 3.23. The molecule has 170 valence electrons. The van der Waals surface area contributed by atoms with Crippen molar-refractivity contribution in [2.45, 2.75) is 45.1 Å². The van der Waals surface area contributed by atoms with Crippen molar-refractivity contribution in [3.05, 3.63) is 71.3 Å². The van der Waals surface area contributed by atoms with Gasteiger partial charge in [0.15, 0.2) is 0 Å². The van der Waals surface area contributed by atoms with Crippen molar-refractivity contribution in [2.24, 2.45) is 5.92 Å². The van der Waals surface area contributed by atoms with Crippen LogP contribution in [0.2, 0.25) is 0 Å². The number of likely N-dealkylation sites (tertiary alicyclic amines) is 2. The van der Waals surface area contributed by atoms with Crippen LogP contribution in [0.3, 0.4) is 0 Å². The molecule has 2 fully saturated rings. The minimum Gasteiger partial charge on any atom is -0.354 e. The van der Waals surface area contributed by atoms with Crippen LogP contribution in [0.15, 0.2) is 54.6 Å². The van der Waals surface area contributed by atoms with Crippen LogP contribution in [-0.4, -0.2) is 54.3 Å². The molecule has 1 N–H and O–H groups in total. The third-order valence-electron chi connectivity index (χ3n) is 6.86. The highest BCUT2D eigenvalue weighted by molar-refractivity contribution is 5.82. The first-order valence-electron chi connectivity index (χ1n) is 12.0.